The Morgan fingerprint density at radius 3 is 2.46 bits per heavy atom. The molecule has 1 aromatic carbocycles. The van der Waals surface area contributed by atoms with Crippen LogP contribution in [0.4, 0.5) is 5.69 Å². The Bertz CT molecular complexity index is 516. The van der Waals surface area contributed by atoms with Crippen LogP contribution in [0.15, 0.2) is 18.2 Å². The highest BCUT2D eigenvalue weighted by Crippen LogP contribution is 2.25. The van der Waals surface area contributed by atoms with Crippen molar-refractivity contribution >= 4 is 11.6 Å². The van der Waals surface area contributed by atoms with Crippen LogP contribution >= 0.6 is 0 Å². The van der Waals surface area contributed by atoms with E-state index in [-0.39, 0.29) is 5.91 Å². The second-order valence-corrected chi connectivity index (χ2v) is 6.40. The van der Waals surface area contributed by atoms with Crippen LogP contribution in [0.3, 0.4) is 0 Å². The number of hydrogen-bond acceptors (Lipinski definition) is 3. The molecule has 136 valence electrons. The van der Waals surface area contributed by atoms with Crippen LogP contribution in [-0.2, 0) is 9.53 Å². The summed E-state index contributed by atoms with van der Waals surface area (Å²) >= 11 is 0. The Balaban J connectivity index is 2.76. The van der Waals surface area contributed by atoms with Crippen molar-refractivity contribution in [2.45, 2.75) is 72.3 Å². The standard InChI is InChI=1S/C20H33NO3/c1-6-9-13-20(5,24-8-3)19(22)21-17-11-12-18(16(4)15-17)23-14-10-7-2/h11-12,15H,6-10,13-14H2,1-5H3,(H,21,22)/t20-/m0/s1. The van der Waals surface area contributed by atoms with Crippen LogP contribution in [0.5, 0.6) is 5.75 Å². The number of unbranched alkanes of at least 4 members (excludes halogenated alkanes) is 2. The van der Waals surface area contributed by atoms with E-state index in [0.717, 1.165) is 55.7 Å². The molecule has 1 amide bonds. The van der Waals surface area contributed by atoms with E-state index >= 15 is 0 Å². The van der Waals surface area contributed by atoms with Gasteiger partial charge in [-0.25, -0.2) is 0 Å². The third kappa shape index (κ3) is 6.16. The summed E-state index contributed by atoms with van der Waals surface area (Å²) in [6.07, 6.45) is 4.88. The SMILES string of the molecule is CCCCOc1ccc(NC(=O)[C@](C)(CCCC)OCC)cc1C. The van der Waals surface area contributed by atoms with Gasteiger partial charge in [0.15, 0.2) is 0 Å². The van der Waals surface area contributed by atoms with Crippen molar-refractivity contribution in [3.8, 4) is 5.75 Å². The maximum atomic E-state index is 12.7. The Labute approximate surface area is 146 Å². The summed E-state index contributed by atoms with van der Waals surface area (Å²) < 4.78 is 11.5. The smallest absolute Gasteiger partial charge is 0.256 e. The van der Waals surface area contributed by atoms with Gasteiger partial charge in [-0.15, -0.1) is 0 Å². The highest BCUT2D eigenvalue weighted by molar-refractivity contribution is 5.97. The van der Waals surface area contributed by atoms with E-state index in [4.69, 9.17) is 9.47 Å². The molecule has 24 heavy (non-hydrogen) atoms. The molecule has 1 aromatic rings. The first kappa shape index (κ1) is 20.5. The fourth-order valence-electron chi connectivity index (χ4n) is 2.56. The fourth-order valence-corrected chi connectivity index (χ4v) is 2.56. The van der Waals surface area contributed by atoms with Gasteiger partial charge in [-0.2, -0.15) is 0 Å². The zero-order valence-electron chi connectivity index (χ0n) is 15.9. The van der Waals surface area contributed by atoms with Crippen molar-refractivity contribution in [1.82, 2.24) is 0 Å². The molecular formula is C20H33NO3. The number of aryl methyl sites for hydroxylation is 1. The number of nitrogens with one attached hydrogen (secondary N) is 1. The van der Waals surface area contributed by atoms with Gasteiger partial charge >= 0.3 is 0 Å². The first-order valence-corrected chi connectivity index (χ1v) is 9.15. The highest BCUT2D eigenvalue weighted by Gasteiger charge is 2.33. The lowest BCUT2D eigenvalue weighted by Crippen LogP contribution is -2.42. The molecule has 0 fully saturated rings. The molecule has 1 N–H and O–H groups in total. The molecule has 0 heterocycles. The van der Waals surface area contributed by atoms with Crippen molar-refractivity contribution in [1.29, 1.82) is 0 Å². The first-order valence-electron chi connectivity index (χ1n) is 9.15. The summed E-state index contributed by atoms with van der Waals surface area (Å²) in [5.74, 6) is 0.789. The Morgan fingerprint density at radius 1 is 1.17 bits per heavy atom. The molecule has 4 heteroatoms. The van der Waals surface area contributed by atoms with Gasteiger partial charge in [0.05, 0.1) is 6.61 Å². The van der Waals surface area contributed by atoms with E-state index in [9.17, 15) is 4.79 Å². The summed E-state index contributed by atoms with van der Waals surface area (Å²) in [6, 6.07) is 5.76. The number of anilines is 1. The molecule has 0 bridgehead atoms. The van der Waals surface area contributed by atoms with Gasteiger partial charge in [0.25, 0.3) is 5.91 Å². The number of benzene rings is 1. The van der Waals surface area contributed by atoms with E-state index in [1.54, 1.807) is 0 Å². The fraction of sp³-hybridized carbons (Fsp3) is 0.650. The molecular weight excluding hydrogens is 302 g/mol. The molecule has 0 aliphatic rings. The molecule has 0 radical (unpaired) electrons. The van der Waals surface area contributed by atoms with Gasteiger partial charge in [0.1, 0.15) is 11.4 Å². The zero-order valence-corrected chi connectivity index (χ0v) is 15.9. The molecule has 1 rings (SSSR count). The van der Waals surface area contributed by atoms with Gasteiger partial charge in [0, 0.05) is 12.3 Å². The van der Waals surface area contributed by atoms with Crippen molar-refractivity contribution < 1.29 is 14.3 Å². The predicted octanol–water partition coefficient (Wildman–Crippen LogP) is 5.10. The quantitative estimate of drug-likeness (QED) is 0.572. The Hall–Kier alpha value is -1.55. The number of ether oxygens (including phenoxy) is 2. The summed E-state index contributed by atoms with van der Waals surface area (Å²) in [7, 11) is 0. The second kappa shape index (κ2) is 10.3. The van der Waals surface area contributed by atoms with Crippen molar-refractivity contribution in [2.75, 3.05) is 18.5 Å². The van der Waals surface area contributed by atoms with Crippen LogP contribution in [-0.4, -0.2) is 24.7 Å². The third-order valence-electron chi connectivity index (χ3n) is 4.14. The maximum Gasteiger partial charge on any atom is 0.256 e. The molecule has 0 spiro atoms. The monoisotopic (exact) mass is 335 g/mol. The molecule has 0 unspecified atom stereocenters. The van der Waals surface area contributed by atoms with Gasteiger partial charge in [0.2, 0.25) is 0 Å². The predicted molar refractivity (Wildman–Crippen MR) is 99.8 cm³/mol. The number of carbonyl (C=O) groups is 1. The molecule has 0 saturated carbocycles. The molecule has 0 aliphatic carbocycles. The second-order valence-electron chi connectivity index (χ2n) is 6.40. The van der Waals surface area contributed by atoms with Crippen molar-refractivity contribution in [3.63, 3.8) is 0 Å². The summed E-state index contributed by atoms with van der Waals surface area (Å²) in [4.78, 5) is 12.7. The minimum Gasteiger partial charge on any atom is -0.493 e. The average molecular weight is 335 g/mol. The molecule has 1 atom stereocenters. The maximum absolute atomic E-state index is 12.7. The molecule has 4 nitrogen and oxygen atoms in total. The summed E-state index contributed by atoms with van der Waals surface area (Å²) in [5, 5.41) is 2.99. The number of carbonyl (C=O) groups excluding carboxylic acids is 1. The molecule has 0 saturated heterocycles. The van der Waals surface area contributed by atoms with Crippen molar-refractivity contribution in [2.24, 2.45) is 0 Å². The van der Waals surface area contributed by atoms with E-state index in [2.05, 4.69) is 19.2 Å². The lowest BCUT2D eigenvalue weighted by Gasteiger charge is -2.28. The minimum atomic E-state index is -0.783. The highest BCUT2D eigenvalue weighted by atomic mass is 16.5. The summed E-state index contributed by atoms with van der Waals surface area (Å²) in [6.45, 7) is 11.3. The van der Waals surface area contributed by atoms with E-state index < -0.39 is 5.60 Å². The largest absolute Gasteiger partial charge is 0.493 e. The first-order chi connectivity index (χ1) is 11.5. The molecule has 0 aromatic heterocycles. The lowest BCUT2D eigenvalue weighted by molar-refractivity contribution is -0.139. The Kier molecular flexibility index (Phi) is 8.83. The van der Waals surface area contributed by atoms with Crippen LogP contribution in [0.25, 0.3) is 0 Å². The van der Waals surface area contributed by atoms with Crippen LogP contribution in [0.1, 0.15) is 65.4 Å². The van der Waals surface area contributed by atoms with Gasteiger partial charge in [-0.05, 0) is 57.4 Å². The van der Waals surface area contributed by atoms with E-state index in [1.165, 1.54) is 0 Å². The lowest BCUT2D eigenvalue weighted by atomic mass is 9.97. The third-order valence-corrected chi connectivity index (χ3v) is 4.14. The van der Waals surface area contributed by atoms with Gasteiger partial charge in [-0.3, -0.25) is 4.79 Å². The van der Waals surface area contributed by atoms with Crippen LogP contribution in [0.2, 0.25) is 0 Å². The summed E-state index contributed by atoms with van der Waals surface area (Å²) in [5.41, 5.74) is 1.02. The van der Waals surface area contributed by atoms with E-state index in [1.807, 2.05) is 39.0 Å². The zero-order chi connectivity index (χ0) is 18.0. The normalized spacial score (nSPS) is 13.4. The average Bonchev–Trinajstić information content (AvgIpc) is 2.55. The van der Waals surface area contributed by atoms with Gasteiger partial charge in [-0.1, -0.05) is 33.1 Å². The van der Waals surface area contributed by atoms with Crippen LogP contribution in [0, 0.1) is 6.92 Å². The Morgan fingerprint density at radius 2 is 1.88 bits per heavy atom. The number of rotatable bonds is 11. The van der Waals surface area contributed by atoms with Gasteiger partial charge < -0.3 is 14.8 Å². The molecule has 0 aliphatic heterocycles. The van der Waals surface area contributed by atoms with Crippen molar-refractivity contribution in [3.05, 3.63) is 23.8 Å². The number of hydrogen-bond donors (Lipinski definition) is 1. The topological polar surface area (TPSA) is 47.6 Å². The van der Waals surface area contributed by atoms with E-state index in [0.29, 0.717) is 6.61 Å². The minimum absolute atomic E-state index is 0.0862. The van der Waals surface area contributed by atoms with Crippen LogP contribution < -0.4 is 10.1 Å². The number of amides is 1.